The predicted molar refractivity (Wildman–Crippen MR) is 109 cm³/mol. The topological polar surface area (TPSA) is 32.3 Å². The van der Waals surface area contributed by atoms with Crippen molar-refractivity contribution in [3.8, 4) is 0 Å². The smallest absolute Gasteiger partial charge is 0.251 e. The fraction of sp³-hybridized carbons (Fsp3) is 0.350. The van der Waals surface area contributed by atoms with Crippen molar-refractivity contribution in [3.05, 3.63) is 53.6 Å². The van der Waals surface area contributed by atoms with Gasteiger partial charge >= 0.3 is 0 Å². The number of thioether (sulfide) groups is 2. The van der Waals surface area contributed by atoms with E-state index in [1.54, 1.807) is 11.8 Å². The Morgan fingerprint density at radius 3 is 2.76 bits per heavy atom. The number of amides is 1. The minimum absolute atomic E-state index is 0.00941. The van der Waals surface area contributed by atoms with E-state index in [0.29, 0.717) is 6.54 Å². The number of benzene rings is 2. The van der Waals surface area contributed by atoms with Gasteiger partial charge in [0.25, 0.3) is 5.91 Å². The van der Waals surface area contributed by atoms with E-state index in [1.165, 1.54) is 21.0 Å². The Morgan fingerprint density at radius 1 is 1.24 bits per heavy atom. The van der Waals surface area contributed by atoms with E-state index in [4.69, 9.17) is 0 Å². The molecule has 3 nitrogen and oxygen atoms in total. The number of carbonyl (C=O) groups is 1. The molecule has 25 heavy (non-hydrogen) atoms. The van der Waals surface area contributed by atoms with E-state index in [-0.39, 0.29) is 5.91 Å². The van der Waals surface area contributed by atoms with Crippen LogP contribution >= 0.6 is 23.5 Å². The minimum atomic E-state index is 0.00941. The lowest BCUT2D eigenvalue weighted by Gasteiger charge is -2.30. The van der Waals surface area contributed by atoms with Crippen LogP contribution in [0.3, 0.4) is 0 Å². The Labute approximate surface area is 158 Å². The molecule has 0 saturated heterocycles. The molecule has 0 bridgehead atoms. The number of fused-ring (bicyclic) bond motifs is 1. The van der Waals surface area contributed by atoms with Crippen molar-refractivity contribution in [2.24, 2.45) is 0 Å². The van der Waals surface area contributed by atoms with Gasteiger partial charge < -0.3 is 10.2 Å². The van der Waals surface area contributed by atoms with Gasteiger partial charge in [-0.05, 0) is 55.5 Å². The fourth-order valence-electron chi connectivity index (χ4n) is 2.96. The zero-order valence-electron chi connectivity index (χ0n) is 14.7. The highest BCUT2D eigenvalue weighted by Gasteiger charge is 2.18. The molecule has 0 spiro atoms. The van der Waals surface area contributed by atoms with E-state index >= 15 is 0 Å². The molecule has 0 unspecified atom stereocenters. The molecule has 1 amide bonds. The van der Waals surface area contributed by atoms with E-state index in [0.717, 1.165) is 30.8 Å². The van der Waals surface area contributed by atoms with Gasteiger partial charge in [0.05, 0.1) is 5.69 Å². The highest BCUT2D eigenvalue weighted by Crippen LogP contribution is 2.35. The van der Waals surface area contributed by atoms with Crippen molar-refractivity contribution < 1.29 is 4.79 Å². The van der Waals surface area contributed by atoms with Crippen molar-refractivity contribution >= 4 is 35.1 Å². The largest absolute Gasteiger partial charge is 0.370 e. The minimum Gasteiger partial charge on any atom is -0.370 e. The zero-order chi connectivity index (χ0) is 17.6. The summed E-state index contributed by atoms with van der Waals surface area (Å²) < 4.78 is 0. The normalized spacial score (nSPS) is 13.4. The first-order valence-corrected chi connectivity index (χ1v) is 10.8. The SMILES string of the molecule is CCN1CCSc2ccc(C(=O)NCCc3ccc(SC)cc3)cc21. The standard InChI is InChI=1S/C20H24N2OS2/c1-3-22-12-13-25-19-9-6-16(14-18(19)22)20(23)21-11-10-15-4-7-17(24-2)8-5-15/h4-9,14H,3,10-13H2,1-2H3,(H,21,23). The summed E-state index contributed by atoms with van der Waals surface area (Å²) in [5, 5.41) is 3.05. The third kappa shape index (κ3) is 4.53. The summed E-state index contributed by atoms with van der Waals surface area (Å²) in [5.41, 5.74) is 3.19. The Hall–Kier alpha value is -1.59. The van der Waals surface area contributed by atoms with Gasteiger partial charge in [-0.3, -0.25) is 4.79 Å². The van der Waals surface area contributed by atoms with Crippen molar-refractivity contribution in [2.45, 2.75) is 23.1 Å². The highest BCUT2D eigenvalue weighted by molar-refractivity contribution is 7.99. The molecule has 0 fully saturated rings. The van der Waals surface area contributed by atoms with Gasteiger partial charge in [-0.25, -0.2) is 0 Å². The van der Waals surface area contributed by atoms with Gasteiger partial charge in [0, 0.05) is 40.7 Å². The molecule has 1 aliphatic heterocycles. The van der Waals surface area contributed by atoms with E-state index in [1.807, 2.05) is 23.9 Å². The lowest BCUT2D eigenvalue weighted by Crippen LogP contribution is -2.30. The first-order chi connectivity index (χ1) is 12.2. The lowest BCUT2D eigenvalue weighted by molar-refractivity contribution is 0.0954. The molecule has 1 heterocycles. The summed E-state index contributed by atoms with van der Waals surface area (Å²) in [4.78, 5) is 17.4. The fourth-order valence-corrected chi connectivity index (χ4v) is 4.40. The molecule has 0 aromatic heterocycles. The Kier molecular flexibility index (Phi) is 6.32. The Balaban J connectivity index is 1.59. The van der Waals surface area contributed by atoms with Gasteiger partial charge in [-0.15, -0.1) is 23.5 Å². The van der Waals surface area contributed by atoms with Gasteiger partial charge in [0.1, 0.15) is 0 Å². The van der Waals surface area contributed by atoms with Gasteiger partial charge in [0.15, 0.2) is 0 Å². The summed E-state index contributed by atoms with van der Waals surface area (Å²) >= 11 is 3.61. The number of hydrogen-bond donors (Lipinski definition) is 1. The lowest BCUT2D eigenvalue weighted by atomic mass is 10.1. The van der Waals surface area contributed by atoms with E-state index in [9.17, 15) is 4.79 Å². The van der Waals surface area contributed by atoms with E-state index < -0.39 is 0 Å². The molecular formula is C20H24N2OS2. The summed E-state index contributed by atoms with van der Waals surface area (Å²) in [6, 6.07) is 14.6. The van der Waals surface area contributed by atoms with Crippen LogP contribution in [-0.2, 0) is 6.42 Å². The summed E-state index contributed by atoms with van der Waals surface area (Å²) in [7, 11) is 0. The molecule has 5 heteroatoms. The molecule has 0 saturated carbocycles. The molecule has 132 valence electrons. The molecular weight excluding hydrogens is 348 g/mol. The molecule has 3 rings (SSSR count). The molecule has 0 radical (unpaired) electrons. The molecule has 0 atom stereocenters. The van der Waals surface area contributed by atoms with Crippen molar-refractivity contribution in [3.63, 3.8) is 0 Å². The molecule has 0 aliphatic carbocycles. The molecule has 2 aromatic carbocycles. The average Bonchev–Trinajstić information content (AvgIpc) is 2.67. The number of nitrogens with zero attached hydrogens (tertiary/aromatic N) is 1. The summed E-state index contributed by atoms with van der Waals surface area (Å²) in [5.74, 6) is 1.12. The average molecular weight is 373 g/mol. The van der Waals surface area contributed by atoms with E-state index in [2.05, 4.69) is 53.7 Å². The third-order valence-electron chi connectivity index (χ3n) is 4.42. The van der Waals surface area contributed by atoms with Crippen molar-refractivity contribution in [2.75, 3.05) is 36.5 Å². The monoisotopic (exact) mass is 372 g/mol. The first kappa shape index (κ1) is 18.2. The van der Waals surface area contributed by atoms with Crippen LogP contribution in [0.15, 0.2) is 52.3 Å². The zero-order valence-corrected chi connectivity index (χ0v) is 16.4. The highest BCUT2D eigenvalue weighted by atomic mass is 32.2. The van der Waals surface area contributed by atoms with Crippen LogP contribution < -0.4 is 10.2 Å². The van der Waals surface area contributed by atoms with Crippen LogP contribution in [0.1, 0.15) is 22.8 Å². The number of hydrogen-bond acceptors (Lipinski definition) is 4. The molecule has 1 aliphatic rings. The van der Waals surface area contributed by atoms with Crippen LogP contribution in [0.25, 0.3) is 0 Å². The van der Waals surface area contributed by atoms with Crippen LogP contribution in [-0.4, -0.2) is 37.6 Å². The Morgan fingerprint density at radius 2 is 2.04 bits per heavy atom. The molecule has 1 N–H and O–H groups in total. The predicted octanol–water partition coefficient (Wildman–Crippen LogP) is 4.31. The number of carbonyl (C=O) groups excluding carboxylic acids is 1. The second-order valence-electron chi connectivity index (χ2n) is 5.96. The summed E-state index contributed by atoms with van der Waals surface area (Å²) in [6.07, 6.45) is 2.92. The quantitative estimate of drug-likeness (QED) is 0.766. The maximum absolute atomic E-state index is 12.5. The third-order valence-corrected chi connectivity index (χ3v) is 6.21. The number of anilines is 1. The maximum atomic E-state index is 12.5. The van der Waals surface area contributed by atoms with Gasteiger partial charge in [-0.2, -0.15) is 0 Å². The second kappa shape index (κ2) is 8.68. The van der Waals surface area contributed by atoms with Gasteiger partial charge in [-0.1, -0.05) is 12.1 Å². The van der Waals surface area contributed by atoms with Crippen LogP contribution in [0.4, 0.5) is 5.69 Å². The van der Waals surface area contributed by atoms with Crippen LogP contribution in [0.2, 0.25) is 0 Å². The Bertz CT molecular complexity index is 731. The summed E-state index contributed by atoms with van der Waals surface area (Å²) in [6.45, 7) is 4.84. The van der Waals surface area contributed by atoms with Crippen molar-refractivity contribution in [1.29, 1.82) is 0 Å². The second-order valence-corrected chi connectivity index (χ2v) is 7.98. The number of nitrogens with one attached hydrogen (secondary N) is 1. The first-order valence-electron chi connectivity index (χ1n) is 8.64. The molecule has 2 aromatic rings. The number of rotatable bonds is 6. The maximum Gasteiger partial charge on any atom is 0.251 e. The van der Waals surface area contributed by atoms with Crippen molar-refractivity contribution in [1.82, 2.24) is 5.32 Å². The van der Waals surface area contributed by atoms with Crippen LogP contribution in [0.5, 0.6) is 0 Å². The van der Waals surface area contributed by atoms with Gasteiger partial charge in [0.2, 0.25) is 0 Å². The van der Waals surface area contributed by atoms with Crippen LogP contribution in [0, 0.1) is 0 Å².